The molecule has 1 aromatic carbocycles. The second-order valence-corrected chi connectivity index (χ2v) is 5.06. The summed E-state index contributed by atoms with van der Waals surface area (Å²) in [5, 5.41) is 29.3. The van der Waals surface area contributed by atoms with Gasteiger partial charge in [0.25, 0.3) is 5.69 Å². The van der Waals surface area contributed by atoms with Crippen LogP contribution in [0.1, 0.15) is 11.1 Å². The Morgan fingerprint density at radius 1 is 1.25 bits per heavy atom. The van der Waals surface area contributed by atoms with E-state index in [2.05, 4.69) is 0 Å². The number of hydrogen-bond donors (Lipinski definition) is 2. The van der Waals surface area contributed by atoms with Crippen LogP contribution in [0.4, 0.5) is 5.69 Å². The van der Waals surface area contributed by atoms with Crippen molar-refractivity contribution in [3.8, 4) is 0 Å². The van der Waals surface area contributed by atoms with E-state index in [1.54, 1.807) is 12.1 Å². The fourth-order valence-corrected chi connectivity index (χ4v) is 2.14. The lowest BCUT2D eigenvalue weighted by Crippen LogP contribution is -3.00. The third-order valence-electron chi connectivity index (χ3n) is 3.27. The summed E-state index contributed by atoms with van der Waals surface area (Å²) in [5.74, 6) is 0. The second kappa shape index (κ2) is 8.16. The van der Waals surface area contributed by atoms with Gasteiger partial charge in [-0.05, 0) is 18.6 Å². The van der Waals surface area contributed by atoms with E-state index in [0.29, 0.717) is 29.7 Å². The maximum absolute atomic E-state index is 11.1. The zero-order valence-corrected chi connectivity index (χ0v) is 12.5. The normalized spacial score (nSPS) is 11.0. The lowest BCUT2D eigenvalue weighted by Gasteiger charge is -2.33. The molecule has 0 bridgehead atoms. The number of aryl methyl sites for hydroxylation is 1. The van der Waals surface area contributed by atoms with Crippen LogP contribution in [0.25, 0.3) is 0 Å². The highest BCUT2D eigenvalue weighted by molar-refractivity contribution is 5.42. The van der Waals surface area contributed by atoms with Gasteiger partial charge in [-0.25, -0.2) is 0 Å². The van der Waals surface area contributed by atoms with E-state index in [0.717, 1.165) is 5.56 Å². The minimum Gasteiger partial charge on any atom is -1.00 e. The van der Waals surface area contributed by atoms with E-state index in [1.807, 2.05) is 20.0 Å². The topological polar surface area (TPSA) is 83.6 Å². The van der Waals surface area contributed by atoms with Gasteiger partial charge >= 0.3 is 0 Å². The molecular formula is C13H21ClN2O4. The van der Waals surface area contributed by atoms with Crippen LogP contribution in [0, 0.1) is 17.0 Å². The van der Waals surface area contributed by atoms with Gasteiger partial charge in [-0.3, -0.25) is 10.1 Å². The number of quaternary nitrogens is 1. The van der Waals surface area contributed by atoms with Crippen LogP contribution >= 0.6 is 0 Å². The van der Waals surface area contributed by atoms with Gasteiger partial charge in [0.15, 0.2) is 0 Å². The Morgan fingerprint density at radius 2 is 1.80 bits per heavy atom. The number of nitrogens with zero attached hydrogens (tertiary/aromatic N) is 2. The van der Waals surface area contributed by atoms with Gasteiger partial charge in [-0.2, -0.15) is 0 Å². The molecule has 1 aromatic rings. The number of nitro groups is 1. The fraction of sp³-hybridized carbons (Fsp3) is 0.538. The highest BCUT2D eigenvalue weighted by Crippen LogP contribution is 2.23. The Balaban J connectivity index is 0.00000361. The highest BCUT2D eigenvalue weighted by atomic mass is 35.5. The van der Waals surface area contributed by atoms with Crippen LogP contribution in [0.5, 0.6) is 0 Å². The summed E-state index contributed by atoms with van der Waals surface area (Å²) in [6.07, 6.45) is 0. The average molecular weight is 305 g/mol. The van der Waals surface area contributed by atoms with Crippen molar-refractivity contribution in [1.29, 1.82) is 0 Å². The van der Waals surface area contributed by atoms with E-state index >= 15 is 0 Å². The summed E-state index contributed by atoms with van der Waals surface area (Å²) in [6.45, 7) is 3.09. The van der Waals surface area contributed by atoms with Crippen LogP contribution in [0.3, 0.4) is 0 Å². The molecule has 0 aliphatic rings. The Kier molecular flexibility index (Phi) is 7.67. The van der Waals surface area contributed by atoms with Crippen LogP contribution in [-0.2, 0) is 6.54 Å². The molecule has 0 aliphatic carbocycles. The molecule has 0 aliphatic heterocycles. The number of likely N-dealkylation sites (N-methyl/N-ethyl adjacent to an activating group) is 1. The van der Waals surface area contributed by atoms with E-state index in [1.165, 1.54) is 0 Å². The second-order valence-electron chi connectivity index (χ2n) is 5.06. The zero-order valence-electron chi connectivity index (χ0n) is 11.8. The molecule has 0 atom stereocenters. The zero-order chi connectivity index (χ0) is 14.5. The van der Waals surface area contributed by atoms with E-state index in [4.69, 9.17) is 10.2 Å². The molecule has 0 radical (unpaired) electrons. The number of hydrogen-bond acceptors (Lipinski definition) is 4. The summed E-state index contributed by atoms with van der Waals surface area (Å²) in [4.78, 5) is 10.7. The van der Waals surface area contributed by atoms with Crippen molar-refractivity contribution in [1.82, 2.24) is 0 Å². The van der Waals surface area contributed by atoms with Crippen molar-refractivity contribution in [2.45, 2.75) is 13.5 Å². The van der Waals surface area contributed by atoms with Crippen molar-refractivity contribution in [2.75, 3.05) is 33.4 Å². The highest BCUT2D eigenvalue weighted by Gasteiger charge is 2.25. The van der Waals surface area contributed by atoms with Gasteiger partial charge in [0, 0.05) is 6.07 Å². The monoisotopic (exact) mass is 304 g/mol. The summed E-state index contributed by atoms with van der Waals surface area (Å²) in [7, 11) is 1.87. The van der Waals surface area contributed by atoms with Crippen LogP contribution in [0.15, 0.2) is 18.2 Å². The number of benzene rings is 1. The van der Waals surface area contributed by atoms with Crippen LogP contribution in [-0.4, -0.2) is 53.0 Å². The number of nitro benzene ring substituents is 1. The number of rotatable bonds is 7. The SMILES string of the molecule is Cc1ccc(C[N+](C)(CCO)CCO)c([N+](=O)[O-])c1.[Cl-]. The molecule has 0 saturated carbocycles. The first kappa shape index (κ1) is 18.8. The summed E-state index contributed by atoms with van der Waals surface area (Å²) >= 11 is 0. The van der Waals surface area contributed by atoms with Gasteiger partial charge in [0.05, 0.1) is 30.7 Å². The molecule has 7 heteroatoms. The van der Waals surface area contributed by atoms with Gasteiger partial charge < -0.3 is 27.1 Å². The largest absolute Gasteiger partial charge is 1.00 e. The van der Waals surface area contributed by atoms with Crippen LogP contribution < -0.4 is 12.4 Å². The molecule has 2 N–H and O–H groups in total. The van der Waals surface area contributed by atoms with Crippen LogP contribution in [0.2, 0.25) is 0 Å². The molecule has 0 unspecified atom stereocenters. The van der Waals surface area contributed by atoms with Crippen molar-refractivity contribution in [3.05, 3.63) is 39.4 Å². The first-order valence-corrected chi connectivity index (χ1v) is 6.21. The Hall–Kier alpha value is -1.21. The van der Waals surface area contributed by atoms with Gasteiger partial charge in [-0.1, -0.05) is 6.07 Å². The number of aliphatic hydroxyl groups excluding tert-OH is 2. The Morgan fingerprint density at radius 3 is 2.25 bits per heavy atom. The molecule has 6 nitrogen and oxygen atoms in total. The Bertz CT molecular complexity index is 448. The van der Waals surface area contributed by atoms with Crippen molar-refractivity contribution in [2.24, 2.45) is 0 Å². The van der Waals surface area contributed by atoms with E-state index < -0.39 is 0 Å². The maximum atomic E-state index is 11.1. The molecule has 20 heavy (non-hydrogen) atoms. The van der Waals surface area contributed by atoms with E-state index in [-0.39, 0.29) is 36.2 Å². The molecular weight excluding hydrogens is 284 g/mol. The smallest absolute Gasteiger partial charge is 0.278 e. The molecule has 1 rings (SSSR count). The molecule has 114 valence electrons. The van der Waals surface area contributed by atoms with Gasteiger partial charge in [-0.15, -0.1) is 0 Å². The van der Waals surface area contributed by atoms with Crippen molar-refractivity contribution < 1.29 is 32.0 Å². The predicted molar refractivity (Wildman–Crippen MR) is 71.6 cm³/mol. The average Bonchev–Trinajstić information content (AvgIpc) is 2.31. The molecule has 0 fully saturated rings. The molecule has 0 spiro atoms. The third-order valence-corrected chi connectivity index (χ3v) is 3.27. The standard InChI is InChI=1S/C13H21N2O4.ClH/c1-11-3-4-12(13(9-11)14(18)19)10-15(2,5-7-16)6-8-17;/h3-4,9,16-17H,5-8,10H2,1-2H3;1H/q+1;/p-1. The summed E-state index contributed by atoms with van der Waals surface area (Å²) < 4.78 is 0.372. The maximum Gasteiger partial charge on any atom is 0.278 e. The molecule has 0 saturated heterocycles. The molecule has 0 amide bonds. The molecule has 0 heterocycles. The number of aliphatic hydroxyl groups is 2. The quantitative estimate of drug-likeness (QED) is 0.341. The van der Waals surface area contributed by atoms with E-state index in [9.17, 15) is 10.1 Å². The number of halogens is 1. The minimum absolute atomic E-state index is 0. The first-order valence-electron chi connectivity index (χ1n) is 6.21. The summed E-state index contributed by atoms with van der Waals surface area (Å²) in [6, 6.07) is 5.14. The lowest BCUT2D eigenvalue weighted by atomic mass is 10.1. The Labute approximate surface area is 124 Å². The third kappa shape index (κ3) is 5.05. The molecule has 0 aromatic heterocycles. The fourth-order valence-electron chi connectivity index (χ4n) is 2.14. The van der Waals surface area contributed by atoms with Crippen molar-refractivity contribution >= 4 is 5.69 Å². The van der Waals surface area contributed by atoms with Gasteiger partial charge in [0.2, 0.25) is 0 Å². The minimum atomic E-state index is -0.384. The predicted octanol–water partition coefficient (Wildman–Crippen LogP) is -2.16. The van der Waals surface area contributed by atoms with Crippen molar-refractivity contribution in [3.63, 3.8) is 0 Å². The first-order chi connectivity index (χ1) is 8.91. The lowest BCUT2D eigenvalue weighted by molar-refractivity contribution is -0.923. The summed E-state index contributed by atoms with van der Waals surface area (Å²) in [5.41, 5.74) is 1.56. The van der Waals surface area contributed by atoms with Gasteiger partial charge in [0.1, 0.15) is 19.6 Å².